The summed E-state index contributed by atoms with van der Waals surface area (Å²) in [5, 5.41) is 9.09. The van der Waals surface area contributed by atoms with Crippen molar-refractivity contribution in [3.8, 4) is 5.88 Å². The van der Waals surface area contributed by atoms with E-state index in [-0.39, 0.29) is 11.6 Å². The minimum absolute atomic E-state index is 0.0764. The first-order valence-electron chi connectivity index (χ1n) is 2.84. The van der Waals surface area contributed by atoms with E-state index in [9.17, 15) is 4.79 Å². The van der Waals surface area contributed by atoms with Crippen molar-refractivity contribution in [3.63, 3.8) is 0 Å². The van der Waals surface area contributed by atoms with E-state index in [0.29, 0.717) is 12.1 Å². The highest BCUT2D eigenvalue weighted by Crippen LogP contribution is 2.13. The van der Waals surface area contributed by atoms with Gasteiger partial charge in [0.2, 0.25) is 5.88 Å². The van der Waals surface area contributed by atoms with Crippen LogP contribution in [0, 0.1) is 6.92 Å². The summed E-state index contributed by atoms with van der Waals surface area (Å²) in [6.07, 6.45) is 0.530. The third-order valence-corrected chi connectivity index (χ3v) is 1.43. The Bertz CT molecular complexity index is 265. The van der Waals surface area contributed by atoms with Gasteiger partial charge in [0.15, 0.2) is 12.0 Å². The van der Waals surface area contributed by atoms with E-state index in [0.717, 1.165) is 0 Å². The van der Waals surface area contributed by atoms with Gasteiger partial charge < -0.3 is 9.67 Å². The van der Waals surface area contributed by atoms with E-state index < -0.39 is 0 Å². The molecule has 1 heterocycles. The summed E-state index contributed by atoms with van der Waals surface area (Å²) < 4.78 is 1.45. The summed E-state index contributed by atoms with van der Waals surface area (Å²) in [5.74, 6) is 0.548. The Morgan fingerprint density at radius 1 is 1.70 bits per heavy atom. The maximum atomic E-state index is 10.2. The molecule has 1 N–H and O–H groups in total. The van der Waals surface area contributed by atoms with Gasteiger partial charge in [-0.1, -0.05) is 0 Å². The van der Waals surface area contributed by atoms with Crippen LogP contribution in [0.15, 0.2) is 0 Å². The third-order valence-electron chi connectivity index (χ3n) is 1.43. The van der Waals surface area contributed by atoms with E-state index in [4.69, 9.17) is 5.11 Å². The number of carbonyl (C=O) groups excluding carboxylic acids is 1. The van der Waals surface area contributed by atoms with E-state index in [2.05, 4.69) is 4.98 Å². The normalized spacial score (nSPS) is 9.80. The van der Waals surface area contributed by atoms with Crippen LogP contribution in [0.1, 0.15) is 16.3 Å². The fraction of sp³-hybridized carbons (Fsp3) is 0.333. The number of nitrogens with zero attached hydrogens (tertiary/aromatic N) is 2. The van der Waals surface area contributed by atoms with E-state index in [1.165, 1.54) is 4.57 Å². The SMILES string of the molecule is Cc1nc(C=O)c(O)n1C. The molecule has 0 fully saturated rings. The van der Waals surface area contributed by atoms with Crippen molar-refractivity contribution in [1.82, 2.24) is 9.55 Å². The lowest BCUT2D eigenvalue weighted by Crippen LogP contribution is -1.89. The Labute approximate surface area is 58.1 Å². The van der Waals surface area contributed by atoms with Crippen LogP contribution in [-0.2, 0) is 7.05 Å². The zero-order valence-electron chi connectivity index (χ0n) is 5.83. The molecule has 0 aromatic carbocycles. The first-order chi connectivity index (χ1) is 4.66. The Hall–Kier alpha value is -1.32. The first kappa shape index (κ1) is 6.80. The average Bonchev–Trinajstić information content (AvgIpc) is 2.17. The summed E-state index contributed by atoms with van der Waals surface area (Å²) in [6, 6.07) is 0. The van der Waals surface area contributed by atoms with Crippen molar-refractivity contribution in [2.45, 2.75) is 6.92 Å². The largest absolute Gasteiger partial charge is 0.493 e. The fourth-order valence-electron chi connectivity index (χ4n) is 0.703. The van der Waals surface area contributed by atoms with Crippen LogP contribution in [0.3, 0.4) is 0 Å². The molecule has 1 aromatic rings. The van der Waals surface area contributed by atoms with Gasteiger partial charge in [0.1, 0.15) is 5.82 Å². The topological polar surface area (TPSA) is 55.1 Å². The van der Waals surface area contributed by atoms with Gasteiger partial charge in [-0.05, 0) is 6.92 Å². The molecule has 4 nitrogen and oxygen atoms in total. The highest BCUT2D eigenvalue weighted by molar-refractivity contribution is 5.75. The smallest absolute Gasteiger partial charge is 0.222 e. The molecule has 1 rings (SSSR count). The molecule has 0 amide bonds. The summed E-state index contributed by atoms with van der Waals surface area (Å²) in [7, 11) is 1.64. The van der Waals surface area contributed by atoms with Crippen molar-refractivity contribution < 1.29 is 9.90 Å². The molecule has 0 aliphatic rings. The minimum atomic E-state index is -0.0764. The van der Waals surface area contributed by atoms with Crippen molar-refractivity contribution in [1.29, 1.82) is 0 Å². The van der Waals surface area contributed by atoms with Gasteiger partial charge in [0, 0.05) is 7.05 Å². The fourth-order valence-corrected chi connectivity index (χ4v) is 0.703. The standard InChI is InChI=1S/C6H8N2O2/c1-4-7-5(3-9)6(10)8(4)2/h3,10H,1-2H3. The second-order valence-corrected chi connectivity index (χ2v) is 2.04. The number of aromatic hydroxyl groups is 1. The maximum absolute atomic E-state index is 10.2. The Morgan fingerprint density at radius 3 is 2.50 bits per heavy atom. The van der Waals surface area contributed by atoms with Gasteiger partial charge in [-0.2, -0.15) is 0 Å². The lowest BCUT2D eigenvalue weighted by Gasteiger charge is -1.93. The maximum Gasteiger partial charge on any atom is 0.222 e. The lowest BCUT2D eigenvalue weighted by atomic mass is 10.5. The molecule has 0 bridgehead atoms. The molecule has 0 radical (unpaired) electrons. The second kappa shape index (κ2) is 2.13. The van der Waals surface area contributed by atoms with Gasteiger partial charge >= 0.3 is 0 Å². The number of aromatic nitrogens is 2. The zero-order chi connectivity index (χ0) is 7.72. The quantitative estimate of drug-likeness (QED) is 0.569. The van der Waals surface area contributed by atoms with Crippen LogP contribution in [0.5, 0.6) is 5.88 Å². The summed E-state index contributed by atoms with van der Waals surface area (Å²) in [4.78, 5) is 13.9. The highest BCUT2D eigenvalue weighted by Gasteiger charge is 2.08. The van der Waals surface area contributed by atoms with Crippen LogP contribution in [0.25, 0.3) is 0 Å². The highest BCUT2D eigenvalue weighted by atomic mass is 16.3. The predicted molar refractivity (Wildman–Crippen MR) is 35.0 cm³/mol. The van der Waals surface area contributed by atoms with Crippen LogP contribution in [0.2, 0.25) is 0 Å². The molecule has 0 saturated carbocycles. The number of aryl methyl sites for hydroxylation is 1. The van der Waals surface area contributed by atoms with Crippen molar-refractivity contribution in [2.75, 3.05) is 0 Å². The summed E-state index contributed by atoms with van der Waals surface area (Å²) in [5.41, 5.74) is 0.0972. The molecule has 0 spiro atoms. The Balaban J connectivity index is 3.30. The molecule has 1 aromatic heterocycles. The number of imidazole rings is 1. The van der Waals surface area contributed by atoms with Crippen LogP contribution in [0.4, 0.5) is 0 Å². The number of hydrogen-bond donors (Lipinski definition) is 1. The van der Waals surface area contributed by atoms with Crippen molar-refractivity contribution in [2.24, 2.45) is 7.05 Å². The van der Waals surface area contributed by atoms with Crippen LogP contribution >= 0.6 is 0 Å². The zero-order valence-corrected chi connectivity index (χ0v) is 5.83. The Morgan fingerprint density at radius 2 is 2.30 bits per heavy atom. The van der Waals surface area contributed by atoms with E-state index in [1.54, 1.807) is 14.0 Å². The summed E-state index contributed by atoms with van der Waals surface area (Å²) in [6.45, 7) is 1.72. The van der Waals surface area contributed by atoms with Gasteiger partial charge in [-0.3, -0.25) is 4.79 Å². The van der Waals surface area contributed by atoms with Gasteiger partial charge in [-0.25, -0.2) is 4.98 Å². The van der Waals surface area contributed by atoms with Gasteiger partial charge in [-0.15, -0.1) is 0 Å². The molecule has 4 heteroatoms. The molecular weight excluding hydrogens is 132 g/mol. The molecular formula is C6H8N2O2. The van der Waals surface area contributed by atoms with E-state index >= 15 is 0 Å². The Kier molecular flexibility index (Phi) is 1.45. The average molecular weight is 140 g/mol. The van der Waals surface area contributed by atoms with Gasteiger partial charge in [0.05, 0.1) is 0 Å². The van der Waals surface area contributed by atoms with Crippen molar-refractivity contribution in [3.05, 3.63) is 11.5 Å². The third kappa shape index (κ3) is 0.775. The number of rotatable bonds is 1. The van der Waals surface area contributed by atoms with E-state index in [1.807, 2.05) is 0 Å². The minimum Gasteiger partial charge on any atom is -0.493 e. The monoisotopic (exact) mass is 140 g/mol. The van der Waals surface area contributed by atoms with Crippen LogP contribution < -0.4 is 0 Å². The molecule has 54 valence electrons. The van der Waals surface area contributed by atoms with Crippen LogP contribution in [-0.4, -0.2) is 20.9 Å². The van der Waals surface area contributed by atoms with Gasteiger partial charge in [0.25, 0.3) is 0 Å². The predicted octanol–water partition coefficient (Wildman–Crippen LogP) is 0.247. The molecule has 0 saturated heterocycles. The number of aldehydes is 1. The molecule has 10 heavy (non-hydrogen) atoms. The number of hydrogen-bond acceptors (Lipinski definition) is 3. The lowest BCUT2D eigenvalue weighted by molar-refractivity contribution is 0.111. The number of carbonyl (C=O) groups is 1. The molecule has 0 unspecified atom stereocenters. The molecule has 0 aliphatic heterocycles. The van der Waals surface area contributed by atoms with Crippen molar-refractivity contribution >= 4 is 6.29 Å². The summed E-state index contributed by atoms with van der Waals surface area (Å²) >= 11 is 0. The first-order valence-corrected chi connectivity index (χ1v) is 2.84. The molecule has 0 aliphatic carbocycles. The second-order valence-electron chi connectivity index (χ2n) is 2.04. The molecule has 0 atom stereocenters.